The van der Waals surface area contributed by atoms with E-state index in [-0.39, 0.29) is 11.0 Å². The van der Waals surface area contributed by atoms with Gasteiger partial charge in [0.15, 0.2) is 5.43 Å². The third-order valence-corrected chi connectivity index (χ3v) is 5.20. The zero-order valence-electron chi connectivity index (χ0n) is 15.1. The molecule has 0 spiro atoms. The molecule has 0 saturated carbocycles. The number of para-hydroxylation sites is 1. The highest BCUT2D eigenvalue weighted by molar-refractivity contribution is 5.88. The fourth-order valence-electron chi connectivity index (χ4n) is 3.81. The molecule has 1 saturated heterocycles. The number of pyridine rings is 1. The Morgan fingerprint density at radius 2 is 1.81 bits per heavy atom. The first kappa shape index (κ1) is 17.3. The molecule has 138 valence electrons. The monoisotopic (exact) mass is 362 g/mol. The van der Waals surface area contributed by atoms with E-state index in [4.69, 9.17) is 0 Å². The van der Waals surface area contributed by atoms with Gasteiger partial charge in [-0.25, -0.2) is 4.79 Å². The number of hydrogen-bond acceptors (Lipinski definition) is 3. The average Bonchev–Trinajstić information content (AvgIpc) is 2.69. The molecule has 3 aromatic rings. The summed E-state index contributed by atoms with van der Waals surface area (Å²) in [6, 6.07) is 14.4. The van der Waals surface area contributed by atoms with Gasteiger partial charge in [0.1, 0.15) is 5.82 Å². The van der Waals surface area contributed by atoms with Crippen molar-refractivity contribution in [2.45, 2.75) is 25.7 Å². The number of fused-ring (bicyclic) bond motifs is 1. The van der Waals surface area contributed by atoms with Gasteiger partial charge in [0.2, 0.25) is 0 Å². The first-order chi connectivity index (χ1) is 13.1. The van der Waals surface area contributed by atoms with E-state index in [1.165, 1.54) is 6.42 Å². The number of H-pyrrole nitrogens is 1. The van der Waals surface area contributed by atoms with Crippen molar-refractivity contribution in [3.8, 4) is 0 Å². The molecule has 1 aliphatic rings. The minimum absolute atomic E-state index is 0.0189. The largest absolute Gasteiger partial charge is 0.478 e. The van der Waals surface area contributed by atoms with Crippen LogP contribution in [0, 0.1) is 0 Å². The molecule has 0 atom stereocenters. The van der Waals surface area contributed by atoms with Crippen molar-refractivity contribution < 1.29 is 9.90 Å². The van der Waals surface area contributed by atoms with Crippen molar-refractivity contribution in [1.82, 2.24) is 4.98 Å². The lowest BCUT2D eigenvalue weighted by Crippen LogP contribution is -2.31. The van der Waals surface area contributed by atoms with Gasteiger partial charge in [-0.3, -0.25) is 4.79 Å². The van der Waals surface area contributed by atoms with Crippen LogP contribution in [0.5, 0.6) is 0 Å². The summed E-state index contributed by atoms with van der Waals surface area (Å²) in [6.07, 6.45) is 4.09. The van der Waals surface area contributed by atoms with Crippen LogP contribution >= 0.6 is 0 Å². The van der Waals surface area contributed by atoms with Crippen molar-refractivity contribution in [2.24, 2.45) is 0 Å². The molecular weight excluding hydrogens is 340 g/mol. The summed E-state index contributed by atoms with van der Waals surface area (Å²) in [5, 5.41) is 9.88. The van der Waals surface area contributed by atoms with Gasteiger partial charge < -0.3 is 15.0 Å². The predicted octanol–water partition coefficient (Wildman–Crippen LogP) is 3.81. The molecule has 1 aromatic heterocycles. The van der Waals surface area contributed by atoms with E-state index in [0.717, 1.165) is 48.4 Å². The zero-order chi connectivity index (χ0) is 18.8. The van der Waals surface area contributed by atoms with Gasteiger partial charge in [0.05, 0.1) is 11.1 Å². The summed E-state index contributed by atoms with van der Waals surface area (Å²) in [4.78, 5) is 29.6. The number of nitrogens with one attached hydrogen (secondary N) is 1. The Morgan fingerprint density at radius 3 is 2.59 bits per heavy atom. The summed E-state index contributed by atoms with van der Waals surface area (Å²) >= 11 is 0. The van der Waals surface area contributed by atoms with Gasteiger partial charge in [-0.2, -0.15) is 0 Å². The number of aromatic nitrogens is 1. The van der Waals surface area contributed by atoms with Gasteiger partial charge in [-0.1, -0.05) is 24.3 Å². The molecular formula is C22H22N2O3. The van der Waals surface area contributed by atoms with E-state index >= 15 is 0 Å². The molecule has 4 rings (SSSR count). The summed E-state index contributed by atoms with van der Waals surface area (Å²) in [5.74, 6) is -0.0606. The van der Waals surface area contributed by atoms with Crippen LogP contribution in [0.3, 0.4) is 0 Å². The fourth-order valence-corrected chi connectivity index (χ4v) is 3.81. The Bertz CT molecular complexity index is 1050. The number of carbonyl (C=O) groups is 1. The lowest BCUT2D eigenvalue weighted by molar-refractivity contribution is 0.0696. The Labute approximate surface area is 157 Å². The highest BCUT2D eigenvalue weighted by Gasteiger charge is 2.14. The van der Waals surface area contributed by atoms with Crippen molar-refractivity contribution in [3.63, 3.8) is 0 Å². The second-order valence-electron chi connectivity index (χ2n) is 7.09. The molecule has 5 nitrogen and oxygen atoms in total. The van der Waals surface area contributed by atoms with E-state index < -0.39 is 5.97 Å². The van der Waals surface area contributed by atoms with Crippen LogP contribution in [0.15, 0.2) is 53.3 Å². The van der Waals surface area contributed by atoms with Crippen molar-refractivity contribution in [1.29, 1.82) is 0 Å². The predicted molar refractivity (Wildman–Crippen MR) is 107 cm³/mol. The number of benzene rings is 2. The third-order valence-electron chi connectivity index (χ3n) is 5.20. The van der Waals surface area contributed by atoms with E-state index in [1.54, 1.807) is 24.3 Å². The van der Waals surface area contributed by atoms with Crippen LogP contribution < -0.4 is 10.3 Å². The number of anilines is 1. The number of nitrogens with zero attached hydrogens (tertiary/aromatic N) is 1. The molecule has 0 radical (unpaired) electrons. The molecule has 5 heteroatoms. The highest BCUT2D eigenvalue weighted by atomic mass is 16.4. The second kappa shape index (κ2) is 7.27. The van der Waals surface area contributed by atoms with Gasteiger partial charge in [0, 0.05) is 24.5 Å². The first-order valence-electron chi connectivity index (χ1n) is 9.34. The Hall–Kier alpha value is -3.08. The van der Waals surface area contributed by atoms with Crippen LogP contribution in [0.2, 0.25) is 0 Å². The van der Waals surface area contributed by atoms with Gasteiger partial charge in [0.25, 0.3) is 0 Å². The molecule has 1 fully saturated rings. The summed E-state index contributed by atoms with van der Waals surface area (Å²) in [7, 11) is 0. The number of aromatic amines is 1. The number of rotatable bonds is 4. The van der Waals surface area contributed by atoms with Crippen molar-refractivity contribution in [2.75, 3.05) is 18.0 Å². The molecule has 1 aliphatic heterocycles. The molecule has 2 aromatic carbocycles. The van der Waals surface area contributed by atoms with E-state index in [2.05, 4.69) is 9.88 Å². The quantitative estimate of drug-likeness (QED) is 0.740. The minimum Gasteiger partial charge on any atom is -0.478 e. The molecule has 27 heavy (non-hydrogen) atoms. The topological polar surface area (TPSA) is 73.4 Å². The summed E-state index contributed by atoms with van der Waals surface area (Å²) in [6.45, 7) is 1.93. The van der Waals surface area contributed by atoms with Crippen LogP contribution in [0.25, 0.3) is 10.9 Å². The first-order valence-corrected chi connectivity index (χ1v) is 9.34. The molecule has 2 heterocycles. The smallest absolute Gasteiger partial charge is 0.335 e. The van der Waals surface area contributed by atoms with Crippen LogP contribution in [-0.2, 0) is 6.42 Å². The lowest BCUT2D eigenvalue weighted by atomic mass is 10.00. The molecule has 2 N–H and O–H groups in total. The number of carboxylic acid groups (broad SMARTS) is 1. The number of aromatic carboxylic acids is 1. The molecule has 0 bridgehead atoms. The molecule has 0 amide bonds. The van der Waals surface area contributed by atoms with Gasteiger partial charge >= 0.3 is 5.97 Å². The second-order valence-corrected chi connectivity index (χ2v) is 7.09. The van der Waals surface area contributed by atoms with Gasteiger partial charge in [-0.15, -0.1) is 0 Å². The number of piperidine rings is 1. The summed E-state index contributed by atoms with van der Waals surface area (Å²) < 4.78 is 0. The van der Waals surface area contributed by atoms with Crippen molar-refractivity contribution in [3.05, 3.63) is 75.4 Å². The van der Waals surface area contributed by atoms with E-state index in [0.29, 0.717) is 11.8 Å². The molecule has 0 unspecified atom stereocenters. The minimum atomic E-state index is -0.935. The SMILES string of the molecule is O=C(O)c1cccc(Cc2cccc3c(=O)cc(N4CCCCC4)[nH]c23)c1. The van der Waals surface area contributed by atoms with E-state index in [9.17, 15) is 14.7 Å². The van der Waals surface area contributed by atoms with Crippen LogP contribution in [0.4, 0.5) is 5.82 Å². The van der Waals surface area contributed by atoms with Crippen LogP contribution in [0.1, 0.15) is 40.7 Å². The maximum atomic E-state index is 12.7. The average molecular weight is 362 g/mol. The van der Waals surface area contributed by atoms with Gasteiger partial charge in [-0.05, 0) is 55.0 Å². The Kier molecular flexibility index (Phi) is 4.67. The number of carboxylic acids is 1. The molecule has 0 aliphatic carbocycles. The Balaban J connectivity index is 1.76. The Morgan fingerprint density at radius 1 is 1.04 bits per heavy atom. The van der Waals surface area contributed by atoms with Crippen molar-refractivity contribution >= 4 is 22.7 Å². The van der Waals surface area contributed by atoms with Crippen LogP contribution in [-0.4, -0.2) is 29.1 Å². The fraction of sp³-hybridized carbons (Fsp3) is 0.273. The standard InChI is InChI=1S/C22H22N2O3/c25-19-14-20(24-10-2-1-3-11-24)23-21-16(7-5-9-18(19)21)12-15-6-4-8-17(13-15)22(26)27/h4-9,13-14H,1-3,10-12H2,(H,23,25)(H,26,27). The summed E-state index contributed by atoms with van der Waals surface area (Å²) in [5.41, 5.74) is 3.03. The third kappa shape index (κ3) is 3.58. The highest BCUT2D eigenvalue weighted by Crippen LogP contribution is 2.23. The zero-order valence-corrected chi connectivity index (χ0v) is 15.1. The normalized spacial score (nSPS) is 14.4. The number of hydrogen-bond donors (Lipinski definition) is 2. The van der Waals surface area contributed by atoms with E-state index in [1.807, 2.05) is 24.3 Å². The lowest BCUT2D eigenvalue weighted by Gasteiger charge is -2.28. The maximum absolute atomic E-state index is 12.7. The maximum Gasteiger partial charge on any atom is 0.335 e.